The van der Waals surface area contributed by atoms with E-state index >= 15 is 0 Å². The largest absolute Gasteiger partial charge is 0.493 e. The molecule has 5 heteroatoms. The molecule has 0 spiro atoms. The zero-order valence-electron chi connectivity index (χ0n) is 15.1. The predicted molar refractivity (Wildman–Crippen MR) is 98.6 cm³/mol. The molecule has 5 nitrogen and oxygen atoms in total. The van der Waals surface area contributed by atoms with Crippen molar-refractivity contribution < 1.29 is 14.2 Å². The van der Waals surface area contributed by atoms with E-state index < -0.39 is 0 Å². The summed E-state index contributed by atoms with van der Waals surface area (Å²) in [5.74, 6) is 2.03. The third kappa shape index (κ3) is 3.89. The summed E-state index contributed by atoms with van der Waals surface area (Å²) >= 11 is 0. The molecule has 1 saturated heterocycles. The first kappa shape index (κ1) is 17.6. The van der Waals surface area contributed by atoms with Crippen molar-refractivity contribution in [3.05, 3.63) is 53.6 Å². The Balaban J connectivity index is 1.87. The lowest BCUT2D eigenvalue weighted by atomic mass is 10.0. The molecule has 1 heterocycles. The van der Waals surface area contributed by atoms with Crippen LogP contribution in [0.2, 0.25) is 0 Å². The Morgan fingerprint density at radius 1 is 1.00 bits per heavy atom. The van der Waals surface area contributed by atoms with E-state index in [1.54, 1.807) is 21.3 Å². The first-order chi connectivity index (χ1) is 12.3. The van der Waals surface area contributed by atoms with E-state index in [2.05, 4.69) is 40.5 Å². The minimum atomic E-state index is 0.356. The summed E-state index contributed by atoms with van der Waals surface area (Å²) in [6, 6.07) is 15.1. The summed E-state index contributed by atoms with van der Waals surface area (Å²) in [6.45, 7) is 3.77. The second-order valence-corrected chi connectivity index (χ2v) is 6.13. The smallest absolute Gasteiger partial charge is 0.203 e. The predicted octanol–water partition coefficient (Wildman–Crippen LogP) is 2.86. The van der Waals surface area contributed by atoms with Gasteiger partial charge in [-0.2, -0.15) is 0 Å². The minimum absolute atomic E-state index is 0.356. The van der Waals surface area contributed by atoms with Crippen molar-refractivity contribution in [2.24, 2.45) is 0 Å². The van der Waals surface area contributed by atoms with Crippen molar-refractivity contribution in [3.8, 4) is 17.2 Å². The number of nitrogens with one attached hydrogen (secondary N) is 1. The van der Waals surface area contributed by atoms with Gasteiger partial charge in [-0.15, -0.1) is 0 Å². The molecule has 1 unspecified atom stereocenters. The van der Waals surface area contributed by atoms with Crippen LogP contribution in [0.25, 0.3) is 0 Å². The van der Waals surface area contributed by atoms with Gasteiger partial charge in [-0.1, -0.05) is 30.3 Å². The second kappa shape index (κ2) is 8.23. The highest BCUT2D eigenvalue weighted by molar-refractivity contribution is 5.53. The van der Waals surface area contributed by atoms with Crippen LogP contribution in [0.15, 0.2) is 42.5 Å². The monoisotopic (exact) mass is 342 g/mol. The van der Waals surface area contributed by atoms with Gasteiger partial charge < -0.3 is 19.5 Å². The van der Waals surface area contributed by atoms with E-state index in [4.69, 9.17) is 14.2 Å². The van der Waals surface area contributed by atoms with E-state index in [0.29, 0.717) is 23.3 Å². The number of hydrogen-bond donors (Lipinski definition) is 1. The SMILES string of the molecule is COc1cc(CN2CCNCC2c2ccccc2)cc(OC)c1OC. The first-order valence-corrected chi connectivity index (χ1v) is 8.55. The molecular weight excluding hydrogens is 316 g/mol. The number of ether oxygens (including phenoxy) is 3. The van der Waals surface area contributed by atoms with Gasteiger partial charge in [0.1, 0.15) is 0 Å². The summed E-state index contributed by atoms with van der Waals surface area (Å²) in [5, 5.41) is 3.50. The molecule has 1 aliphatic heterocycles. The zero-order chi connectivity index (χ0) is 17.6. The van der Waals surface area contributed by atoms with Gasteiger partial charge in [-0.3, -0.25) is 4.90 Å². The van der Waals surface area contributed by atoms with Crippen molar-refractivity contribution >= 4 is 0 Å². The van der Waals surface area contributed by atoms with Crippen LogP contribution in [-0.4, -0.2) is 45.9 Å². The van der Waals surface area contributed by atoms with Crippen LogP contribution in [0.5, 0.6) is 17.2 Å². The number of hydrogen-bond acceptors (Lipinski definition) is 5. The number of nitrogens with zero attached hydrogens (tertiary/aromatic N) is 1. The highest BCUT2D eigenvalue weighted by atomic mass is 16.5. The van der Waals surface area contributed by atoms with Crippen LogP contribution in [0.1, 0.15) is 17.2 Å². The number of piperazine rings is 1. The molecule has 1 atom stereocenters. The molecule has 0 aromatic heterocycles. The van der Waals surface area contributed by atoms with Crippen molar-refractivity contribution in [1.82, 2.24) is 10.2 Å². The molecule has 3 rings (SSSR count). The molecule has 134 valence electrons. The molecule has 2 aromatic carbocycles. The molecule has 2 aromatic rings. The molecule has 0 amide bonds. The Morgan fingerprint density at radius 3 is 2.28 bits per heavy atom. The van der Waals surface area contributed by atoms with E-state index in [-0.39, 0.29) is 0 Å². The zero-order valence-corrected chi connectivity index (χ0v) is 15.1. The molecule has 0 bridgehead atoms. The molecule has 0 aliphatic carbocycles. The van der Waals surface area contributed by atoms with Crippen LogP contribution >= 0.6 is 0 Å². The maximum absolute atomic E-state index is 5.48. The highest BCUT2D eigenvalue weighted by Crippen LogP contribution is 2.39. The van der Waals surface area contributed by atoms with Crippen molar-refractivity contribution in [2.45, 2.75) is 12.6 Å². The Morgan fingerprint density at radius 2 is 1.68 bits per heavy atom. The second-order valence-electron chi connectivity index (χ2n) is 6.13. The molecule has 1 fully saturated rings. The van der Waals surface area contributed by atoms with Gasteiger partial charge in [0.25, 0.3) is 0 Å². The van der Waals surface area contributed by atoms with E-state index in [0.717, 1.165) is 31.7 Å². The summed E-state index contributed by atoms with van der Waals surface area (Å²) in [6.07, 6.45) is 0. The van der Waals surface area contributed by atoms with Gasteiger partial charge >= 0.3 is 0 Å². The van der Waals surface area contributed by atoms with Gasteiger partial charge in [-0.05, 0) is 23.3 Å². The number of methoxy groups -OCH3 is 3. The Kier molecular flexibility index (Phi) is 5.79. The van der Waals surface area contributed by atoms with Crippen molar-refractivity contribution in [1.29, 1.82) is 0 Å². The molecule has 0 radical (unpaired) electrons. The van der Waals surface area contributed by atoms with Gasteiger partial charge in [0, 0.05) is 32.2 Å². The Labute approximate surface area is 149 Å². The standard InChI is InChI=1S/C20H26N2O3/c1-23-18-11-15(12-19(24-2)20(18)25-3)14-22-10-9-21-13-17(22)16-7-5-4-6-8-16/h4-8,11-12,17,21H,9-10,13-14H2,1-3H3. The van der Waals surface area contributed by atoms with Crippen molar-refractivity contribution in [3.63, 3.8) is 0 Å². The van der Waals surface area contributed by atoms with Crippen LogP contribution in [0, 0.1) is 0 Å². The topological polar surface area (TPSA) is 43.0 Å². The molecule has 1 N–H and O–H groups in total. The van der Waals surface area contributed by atoms with E-state index in [9.17, 15) is 0 Å². The van der Waals surface area contributed by atoms with Crippen LogP contribution in [0.4, 0.5) is 0 Å². The minimum Gasteiger partial charge on any atom is -0.493 e. The lowest BCUT2D eigenvalue weighted by Gasteiger charge is -2.36. The average Bonchev–Trinajstić information content (AvgIpc) is 2.68. The third-order valence-corrected chi connectivity index (χ3v) is 4.65. The van der Waals surface area contributed by atoms with Gasteiger partial charge in [0.05, 0.1) is 21.3 Å². The molecule has 1 aliphatic rings. The number of rotatable bonds is 6. The summed E-state index contributed by atoms with van der Waals surface area (Å²) < 4.78 is 16.4. The molecule has 0 saturated carbocycles. The summed E-state index contributed by atoms with van der Waals surface area (Å²) in [7, 11) is 4.93. The molecule has 25 heavy (non-hydrogen) atoms. The van der Waals surface area contributed by atoms with Gasteiger partial charge in [-0.25, -0.2) is 0 Å². The van der Waals surface area contributed by atoms with Gasteiger partial charge in [0.2, 0.25) is 5.75 Å². The number of benzene rings is 2. The summed E-state index contributed by atoms with van der Waals surface area (Å²) in [5.41, 5.74) is 2.49. The average molecular weight is 342 g/mol. The lowest BCUT2D eigenvalue weighted by Crippen LogP contribution is -2.45. The quantitative estimate of drug-likeness (QED) is 0.874. The Hall–Kier alpha value is -2.24. The summed E-state index contributed by atoms with van der Waals surface area (Å²) in [4.78, 5) is 2.49. The van der Waals surface area contributed by atoms with E-state index in [1.807, 2.05) is 12.1 Å². The van der Waals surface area contributed by atoms with Crippen LogP contribution in [0.3, 0.4) is 0 Å². The highest BCUT2D eigenvalue weighted by Gasteiger charge is 2.24. The van der Waals surface area contributed by atoms with Crippen molar-refractivity contribution in [2.75, 3.05) is 41.0 Å². The van der Waals surface area contributed by atoms with E-state index in [1.165, 1.54) is 5.56 Å². The fraction of sp³-hybridized carbons (Fsp3) is 0.400. The van der Waals surface area contributed by atoms with Crippen LogP contribution < -0.4 is 19.5 Å². The molecular formula is C20H26N2O3. The third-order valence-electron chi connectivity index (χ3n) is 4.65. The fourth-order valence-corrected chi connectivity index (χ4v) is 3.40. The first-order valence-electron chi connectivity index (χ1n) is 8.55. The normalized spacial score (nSPS) is 18.0. The van der Waals surface area contributed by atoms with Gasteiger partial charge in [0.15, 0.2) is 11.5 Å². The van der Waals surface area contributed by atoms with Crippen LogP contribution in [-0.2, 0) is 6.54 Å². The fourth-order valence-electron chi connectivity index (χ4n) is 3.40. The maximum atomic E-state index is 5.48. The Bertz CT molecular complexity index is 666. The maximum Gasteiger partial charge on any atom is 0.203 e. The lowest BCUT2D eigenvalue weighted by molar-refractivity contribution is 0.153.